The molecule has 2 heteroatoms. The Kier molecular flexibility index (Phi) is 5.22. The summed E-state index contributed by atoms with van der Waals surface area (Å²) in [6.45, 7) is 4.26. The molecule has 0 bridgehead atoms. The summed E-state index contributed by atoms with van der Waals surface area (Å²) in [6, 6.07) is 15.2. The number of benzene rings is 2. The molecule has 0 saturated heterocycles. The molecule has 1 N–H and O–H groups in total. The molecule has 0 radical (unpaired) electrons. The van der Waals surface area contributed by atoms with Crippen molar-refractivity contribution < 1.29 is 0 Å². The van der Waals surface area contributed by atoms with Crippen LogP contribution in [0.2, 0.25) is 5.02 Å². The summed E-state index contributed by atoms with van der Waals surface area (Å²) in [5.41, 5.74) is 4.95. The highest BCUT2D eigenvalue weighted by molar-refractivity contribution is 6.31. The predicted molar refractivity (Wildman–Crippen MR) is 87.5 cm³/mol. The maximum atomic E-state index is 6.39. The topological polar surface area (TPSA) is 12.0 Å². The Morgan fingerprint density at radius 3 is 2.35 bits per heavy atom. The molecule has 20 heavy (non-hydrogen) atoms. The van der Waals surface area contributed by atoms with Gasteiger partial charge >= 0.3 is 0 Å². The van der Waals surface area contributed by atoms with Crippen LogP contribution in [0.3, 0.4) is 0 Å². The van der Waals surface area contributed by atoms with E-state index in [0.29, 0.717) is 0 Å². The quantitative estimate of drug-likeness (QED) is 0.824. The lowest BCUT2D eigenvalue weighted by molar-refractivity contribution is 0.691. The average Bonchev–Trinajstić information content (AvgIpc) is 2.44. The molecule has 0 amide bonds. The van der Waals surface area contributed by atoms with Crippen LogP contribution in [0, 0.1) is 6.92 Å². The fourth-order valence-corrected chi connectivity index (χ4v) is 2.88. The Labute approximate surface area is 127 Å². The highest BCUT2D eigenvalue weighted by Crippen LogP contribution is 2.29. The van der Waals surface area contributed by atoms with E-state index in [-0.39, 0.29) is 6.04 Å². The highest BCUT2D eigenvalue weighted by Gasteiger charge is 2.15. The van der Waals surface area contributed by atoms with E-state index in [1.807, 2.05) is 13.1 Å². The van der Waals surface area contributed by atoms with Gasteiger partial charge in [0.1, 0.15) is 0 Å². The third kappa shape index (κ3) is 3.41. The molecule has 1 unspecified atom stereocenters. The van der Waals surface area contributed by atoms with Gasteiger partial charge in [-0.25, -0.2) is 0 Å². The van der Waals surface area contributed by atoms with Gasteiger partial charge in [0.15, 0.2) is 0 Å². The van der Waals surface area contributed by atoms with E-state index in [4.69, 9.17) is 11.6 Å². The van der Waals surface area contributed by atoms with Gasteiger partial charge in [0.25, 0.3) is 0 Å². The number of halogens is 1. The third-order valence-electron chi connectivity index (χ3n) is 3.61. The Morgan fingerprint density at radius 1 is 1.10 bits per heavy atom. The Hall–Kier alpha value is -1.31. The van der Waals surface area contributed by atoms with Crippen molar-refractivity contribution in [2.75, 3.05) is 7.05 Å². The molecule has 0 aliphatic carbocycles. The number of hydrogen-bond donors (Lipinski definition) is 1. The second-order valence-corrected chi connectivity index (χ2v) is 5.65. The molecule has 2 rings (SSSR count). The largest absolute Gasteiger partial charge is 0.309 e. The zero-order valence-corrected chi connectivity index (χ0v) is 13.2. The van der Waals surface area contributed by atoms with E-state index < -0.39 is 0 Å². The van der Waals surface area contributed by atoms with Gasteiger partial charge in [0.05, 0.1) is 6.04 Å². The SMILES string of the molecule is CCCc1ccc(C(NC)c2ccc(C)cc2Cl)cc1. The van der Waals surface area contributed by atoms with Crippen molar-refractivity contribution >= 4 is 11.6 Å². The molecule has 106 valence electrons. The molecule has 0 heterocycles. The molecule has 2 aromatic rings. The minimum atomic E-state index is 0.138. The summed E-state index contributed by atoms with van der Waals surface area (Å²) in [5.74, 6) is 0. The Morgan fingerprint density at radius 2 is 1.80 bits per heavy atom. The van der Waals surface area contributed by atoms with Gasteiger partial charge < -0.3 is 5.32 Å². The Bertz CT molecular complexity index is 560. The van der Waals surface area contributed by atoms with Gasteiger partial charge in [0.2, 0.25) is 0 Å². The van der Waals surface area contributed by atoms with E-state index in [1.165, 1.54) is 23.1 Å². The van der Waals surface area contributed by atoms with Crippen LogP contribution in [0.1, 0.15) is 41.6 Å². The second kappa shape index (κ2) is 6.92. The minimum absolute atomic E-state index is 0.138. The molecule has 0 saturated carbocycles. The van der Waals surface area contributed by atoms with Crippen LogP contribution < -0.4 is 5.32 Å². The molecule has 0 aliphatic heterocycles. The summed E-state index contributed by atoms with van der Waals surface area (Å²) in [4.78, 5) is 0. The molecule has 2 aromatic carbocycles. The first-order valence-electron chi connectivity index (χ1n) is 7.18. The minimum Gasteiger partial charge on any atom is -0.309 e. The maximum Gasteiger partial charge on any atom is 0.0589 e. The van der Waals surface area contributed by atoms with Crippen molar-refractivity contribution in [3.05, 3.63) is 69.7 Å². The molecular formula is C18H22ClN. The second-order valence-electron chi connectivity index (χ2n) is 5.24. The number of aryl methyl sites for hydroxylation is 2. The van der Waals surface area contributed by atoms with E-state index in [1.54, 1.807) is 0 Å². The van der Waals surface area contributed by atoms with E-state index in [2.05, 4.69) is 55.6 Å². The highest BCUT2D eigenvalue weighted by atomic mass is 35.5. The van der Waals surface area contributed by atoms with Crippen LogP contribution in [-0.4, -0.2) is 7.05 Å². The zero-order valence-electron chi connectivity index (χ0n) is 12.4. The summed E-state index contributed by atoms with van der Waals surface area (Å²) in [5, 5.41) is 4.18. The molecule has 1 nitrogen and oxygen atoms in total. The normalized spacial score (nSPS) is 12.4. The van der Waals surface area contributed by atoms with E-state index in [9.17, 15) is 0 Å². The van der Waals surface area contributed by atoms with E-state index >= 15 is 0 Å². The van der Waals surface area contributed by atoms with Crippen LogP contribution in [0.25, 0.3) is 0 Å². The van der Waals surface area contributed by atoms with Gasteiger partial charge in [-0.2, -0.15) is 0 Å². The van der Waals surface area contributed by atoms with Gasteiger partial charge in [-0.3, -0.25) is 0 Å². The van der Waals surface area contributed by atoms with Gasteiger partial charge in [-0.05, 0) is 48.7 Å². The van der Waals surface area contributed by atoms with Crippen molar-refractivity contribution in [1.82, 2.24) is 5.32 Å². The van der Waals surface area contributed by atoms with Crippen LogP contribution in [0.15, 0.2) is 42.5 Å². The number of hydrogen-bond acceptors (Lipinski definition) is 1. The van der Waals surface area contributed by atoms with Gasteiger partial charge in [-0.15, -0.1) is 0 Å². The third-order valence-corrected chi connectivity index (χ3v) is 3.93. The summed E-state index contributed by atoms with van der Waals surface area (Å²) in [7, 11) is 1.97. The first-order valence-corrected chi connectivity index (χ1v) is 7.55. The number of rotatable bonds is 5. The zero-order chi connectivity index (χ0) is 14.5. The van der Waals surface area contributed by atoms with Crippen molar-refractivity contribution in [2.45, 2.75) is 32.7 Å². The van der Waals surface area contributed by atoms with Crippen LogP contribution in [-0.2, 0) is 6.42 Å². The molecular weight excluding hydrogens is 266 g/mol. The van der Waals surface area contributed by atoms with Gasteiger partial charge in [0, 0.05) is 5.02 Å². The monoisotopic (exact) mass is 287 g/mol. The van der Waals surface area contributed by atoms with Crippen LogP contribution >= 0.6 is 11.6 Å². The van der Waals surface area contributed by atoms with Crippen molar-refractivity contribution in [1.29, 1.82) is 0 Å². The standard InChI is InChI=1S/C18H22ClN/c1-4-5-14-7-9-15(10-8-14)18(20-3)16-11-6-13(2)12-17(16)19/h6-12,18,20H,4-5H2,1-3H3. The van der Waals surface area contributed by atoms with Gasteiger partial charge in [-0.1, -0.05) is 61.3 Å². The maximum absolute atomic E-state index is 6.39. The lowest BCUT2D eigenvalue weighted by atomic mass is 9.96. The summed E-state index contributed by atoms with van der Waals surface area (Å²) < 4.78 is 0. The first-order chi connectivity index (χ1) is 9.65. The molecule has 0 fully saturated rings. The molecule has 1 atom stereocenters. The molecule has 0 aliphatic rings. The van der Waals surface area contributed by atoms with Crippen molar-refractivity contribution in [3.8, 4) is 0 Å². The van der Waals surface area contributed by atoms with Crippen LogP contribution in [0.5, 0.6) is 0 Å². The summed E-state index contributed by atoms with van der Waals surface area (Å²) in [6.07, 6.45) is 2.31. The fraction of sp³-hybridized carbons (Fsp3) is 0.333. The fourth-order valence-electron chi connectivity index (χ4n) is 2.53. The van der Waals surface area contributed by atoms with E-state index in [0.717, 1.165) is 17.0 Å². The Balaban J connectivity index is 2.31. The molecule has 0 aromatic heterocycles. The van der Waals surface area contributed by atoms with Crippen molar-refractivity contribution in [3.63, 3.8) is 0 Å². The van der Waals surface area contributed by atoms with Crippen LogP contribution in [0.4, 0.5) is 0 Å². The number of nitrogens with one attached hydrogen (secondary N) is 1. The lowest BCUT2D eigenvalue weighted by Crippen LogP contribution is -2.18. The average molecular weight is 288 g/mol. The molecule has 0 spiro atoms. The smallest absolute Gasteiger partial charge is 0.0589 e. The first kappa shape index (κ1) is 15.1. The predicted octanol–water partition coefficient (Wildman–Crippen LogP) is 4.91. The lowest BCUT2D eigenvalue weighted by Gasteiger charge is -2.19. The summed E-state index contributed by atoms with van der Waals surface area (Å²) >= 11 is 6.39. The van der Waals surface area contributed by atoms with Crippen molar-refractivity contribution in [2.24, 2.45) is 0 Å².